The summed E-state index contributed by atoms with van der Waals surface area (Å²) in [5.41, 5.74) is 2.99. The minimum Gasteiger partial charge on any atom is -0.372 e. The molecule has 2 heteroatoms. The molecule has 0 aliphatic carbocycles. The van der Waals surface area contributed by atoms with Crippen molar-refractivity contribution in [1.82, 2.24) is 0 Å². The molecule has 0 atom stereocenters. The quantitative estimate of drug-likeness (QED) is 0.686. The van der Waals surface area contributed by atoms with E-state index in [1.54, 1.807) is 5.56 Å². The highest BCUT2D eigenvalue weighted by molar-refractivity contribution is 6.55. The van der Waals surface area contributed by atoms with Crippen LogP contribution in [0.1, 0.15) is 19.4 Å². The lowest BCUT2D eigenvalue weighted by molar-refractivity contribution is 0.860. The van der Waals surface area contributed by atoms with Gasteiger partial charge in [0.15, 0.2) is 0 Å². The van der Waals surface area contributed by atoms with Crippen molar-refractivity contribution in [2.24, 2.45) is 0 Å². The Kier molecular flexibility index (Phi) is 5.22. The molecule has 1 rings (SSSR count). The fraction of sp³-hybridized carbons (Fsp3) is 0.538. The van der Waals surface area contributed by atoms with Gasteiger partial charge in [0.1, 0.15) is 0 Å². The predicted octanol–water partition coefficient (Wildman–Crippen LogP) is 3.37. The van der Waals surface area contributed by atoms with E-state index in [2.05, 4.69) is 54.6 Å². The largest absolute Gasteiger partial charge is 0.372 e. The minimum atomic E-state index is -0.515. The Labute approximate surface area is 98.5 Å². The summed E-state index contributed by atoms with van der Waals surface area (Å²) in [6.07, 6.45) is 0. The van der Waals surface area contributed by atoms with Crippen LogP contribution in [0.25, 0.3) is 0 Å². The first-order valence-corrected chi connectivity index (χ1v) is 9.14. The van der Waals surface area contributed by atoms with Crippen LogP contribution in [0.2, 0.25) is 11.6 Å². The molecule has 1 aromatic carbocycles. The van der Waals surface area contributed by atoms with Crippen LogP contribution in [0.3, 0.4) is 0 Å². The Morgan fingerprint density at radius 3 is 2.20 bits per heavy atom. The van der Waals surface area contributed by atoms with E-state index in [0.29, 0.717) is 0 Å². The second-order valence-corrected chi connectivity index (χ2v) is 7.59. The lowest BCUT2D eigenvalue weighted by Gasteiger charge is -2.24. The lowest BCUT2D eigenvalue weighted by atomic mass is 10.2. The first kappa shape index (κ1) is 12.6. The first-order valence-electron chi connectivity index (χ1n) is 6.01. The van der Waals surface area contributed by atoms with Gasteiger partial charge in [-0.3, -0.25) is 0 Å². The number of benzene rings is 1. The maximum atomic E-state index is 2.45. The third-order valence-corrected chi connectivity index (χ3v) is 3.98. The van der Waals surface area contributed by atoms with E-state index in [1.165, 1.54) is 11.0 Å². The molecule has 0 saturated carbocycles. The zero-order chi connectivity index (χ0) is 11.3. The van der Waals surface area contributed by atoms with Gasteiger partial charge in [0.25, 0.3) is 14.1 Å². The van der Waals surface area contributed by atoms with Gasteiger partial charge in [0.2, 0.25) is 0 Å². The number of hydrogen-bond donors (Lipinski definition) is 0. The summed E-state index contributed by atoms with van der Waals surface area (Å²) in [4.78, 5) is 2.45. The van der Waals surface area contributed by atoms with Crippen LogP contribution in [0, 0.1) is 0 Å². The number of rotatable bonds is 5. The molecule has 15 heavy (non-hydrogen) atoms. The van der Waals surface area contributed by atoms with Crippen molar-refractivity contribution in [3.63, 3.8) is 0 Å². The Bertz CT molecular complexity index is 292. The zero-order valence-electron chi connectivity index (χ0n) is 10.5. The van der Waals surface area contributed by atoms with Crippen LogP contribution >= 0.6 is 0 Å². The topological polar surface area (TPSA) is 3.24 Å². The summed E-state index contributed by atoms with van der Waals surface area (Å²) in [5.74, 6) is 4.83. The van der Waals surface area contributed by atoms with Crippen molar-refractivity contribution < 1.29 is 0 Å². The summed E-state index contributed by atoms with van der Waals surface area (Å²) in [6, 6.07) is 8.87. The van der Waals surface area contributed by atoms with Crippen LogP contribution < -0.4 is 4.90 Å². The summed E-state index contributed by atoms with van der Waals surface area (Å²) in [6.45, 7) is 6.67. The van der Waals surface area contributed by atoms with E-state index >= 15 is 0 Å². The van der Waals surface area contributed by atoms with Crippen LogP contribution in [0.5, 0.6) is 0 Å². The average Bonchev–Trinajstić information content (AvgIpc) is 2.21. The molecular weight excluding hydrogens is 197 g/mol. The number of nitrogens with zero attached hydrogens (tertiary/aromatic N) is 1. The number of para-hydroxylation sites is 1. The molecule has 0 heterocycles. The lowest BCUT2D eigenvalue weighted by Crippen LogP contribution is -2.24. The van der Waals surface area contributed by atoms with Crippen molar-refractivity contribution in [2.75, 3.05) is 18.0 Å². The smallest absolute Gasteiger partial charge is 0.261 e. The highest BCUT2D eigenvalue weighted by Gasteiger charge is 2.10. The molecule has 0 radical (unpaired) electrons. The molecule has 0 bridgehead atoms. The summed E-state index contributed by atoms with van der Waals surface area (Å²) < 4.78 is 0. The molecule has 0 aliphatic heterocycles. The van der Waals surface area contributed by atoms with E-state index in [1.807, 2.05) is 0 Å². The third kappa shape index (κ3) is 3.56. The normalized spacial score (nSPS) is 10.1. The third-order valence-electron chi connectivity index (χ3n) is 2.72. The molecule has 0 amide bonds. The highest BCUT2D eigenvalue weighted by atomic mass is 27.2. The van der Waals surface area contributed by atoms with Gasteiger partial charge < -0.3 is 4.90 Å². The van der Waals surface area contributed by atoms with Crippen LogP contribution in [0.15, 0.2) is 24.3 Å². The molecule has 0 aliphatic rings. The van der Waals surface area contributed by atoms with Gasteiger partial charge in [-0.05, 0) is 25.5 Å². The van der Waals surface area contributed by atoms with E-state index < -0.39 is 14.1 Å². The van der Waals surface area contributed by atoms with Crippen molar-refractivity contribution >= 4 is 19.8 Å². The summed E-state index contributed by atoms with van der Waals surface area (Å²) in [5, 5.41) is 1.31. The number of anilines is 1. The predicted molar refractivity (Wildman–Crippen MR) is 71.2 cm³/mol. The molecule has 0 saturated heterocycles. The summed E-state index contributed by atoms with van der Waals surface area (Å²) >= 11 is -0.515. The Morgan fingerprint density at radius 1 is 1.07 bits per heavy atom. The monoisotopic (exact) mass is 219 g/mol. The molecule has 0 spiro atoms. The second kappa shape index (κ2) is 6.20. The van der Waals surface area contributed by atoms with Gasteiger partial charge in [-0.1, -0.05) is 23.5 Å². The van der Waals surface area contributed by atoms with Gasteiger partial charge in [0, 0.05) is 18.8 Å². The van der Waals surface area contributed by atoms with Gasteiger partial charge in [-0.25, -0.2) is 0 Å². The number of hydrogen-bond acceptors (Lipinski definition) is 1. The Hall–Kier alpha value is -0.448. The molecule has 0 fully saturated rings. The van der Waals surface area contributed by atoms with Crippen molar-refractivity contribution in [1.29, 1.82) is 0 Å². The zero-order valence-corrected chi connectivity index (χ0v) is 11.6. The molecule has 1 aromatic rings. The van der Waals surface area contributed by atoms with Crippen LogP contribution in [0.4, 0.5) is 5.69 Å². The molecule has 82 valence electrons. The second-order valence-electron chi connectivity index (χ2n) is 4.40. The van der Waals surface area contributed by atoms with Gasteiger partial charge >= 0.3 is 0 Å². The van der Waals surface area contributed by atoms with Gasteiger partial charge in [-0.2, -0.15) is 0 Å². The Balaban J connectivity index is 2.94. The van der Waals surface area contributed by atoms with Crippen LogP contribution in [-0.2, 0) is 5.28 Å². The van der Waals surface area contributed by atoms with Crippen molar-refractivity contribution in [3.8, 4) is 0 Å². The SMILES string of the molecule is CCN(CC)c1ccccc1[CH2][Al]([CH3])[CH3]. The van der Waals surface area contributed by atoms with E-state index in [9.17, 15) is 0 Å². The summed E-state index contributed by atoms with van der Waals surface area (Å²) in [7, 11) is 0. The molecule has 0 unspecified atom stereocenters. The van der Waals surface area contributed by atoms with E-state index in [-0.39, 0.29) is 0 Å². The minimum absolute atomic E-state index is 0.515. The molecule has 0 aromatic heterocycles. The molecule has 0 N–H and O–H groups in total. The standard InChI is InChI=1S/C11H16N.2CH3.Al/c1-4-12(5-2)11-9-7-6-8-10(11)3;;;/h6-9H,3-5H2,1-2H3;2*1H3;. The first-order chi connectivity index (χ1) is 7.19. The van der Waals surface area contributed by atoms with Gasteiger partial charge in [-0.15, -0.1) is 11.6 Å². The molecule has 1 nitrogen and oxygen atoms in total. The maximum Gasteiger partial charge on any atom is 0.261 e. The Morgan fingerprint density at radius 2 is 1.67 bits per heavy atom. The highest BCUT2D eigenvalue weighted by Crippen LogP contribution is 2.21. The average molecular weight is 219 g/mol. The van der Waals surface area contributed by atoms with E-state index in [4.69, 9.17) is 0 Å². The van der Waals surface area contributed by atoms with E-state index in [0.717, 1.165) is 13.1 Å². The van der Waals surface area contributed by atoms with Crippen molar-refractivity contribution in [2.45, 2.75) is 30.7 Å². The maximum absolute atomic E-state index is 2.45. The molecular formula is C13H22AlN. The van der Waals surface area contributed by atoms with Crippen molar-refractivity contribution in [3.05, 3.63) is 29.8 Å². The fourth-order valence-electron chi connectivity index (χ4n) is 2.00. The van der Waals surface area contributed by atoms with Crippen LogP contribution in [-0.4, -0.2) is 27.2 Å². The van der Waals surface area contributed by atoms with Gasteiger partial charge in [0.05, 0.1) is 0 Å². The fourth-order valence-corrected chi connectivity index (χ4v) is 3.22.